The molecule has 0 aliphatic heterocycles. The summed E-state index contributed by atoms with van der Waals surface area (Å²) in [5, 5.41) is 1.25. The average Bonchev–Trinajstić information content (AvgIpc) is 2.66. The van der Waals surface area contributed by atoms with Crippen LogP contribution in [0.25, 0.3) is 10.9 Å². The molecule has 3 heteroatoms. The van der Waals surface area contributed by atoms with Gasteiger partial charge in [0.25, 0.3) is 0 Å². The van der Waals surface area contributed by atoms with E-state index in [1.54, 1.807) is 0 Å². The maximum atomic E-state index is 6.47. The molecular weight excluding hydrogens is 222 g/mol. The second-order valence-corrected chi connectivity index (χ2v) is 5.72. The molecule has 0 aliphatic rings. The van der Waals surface area contributed by atoms with Gasteiger partial charge in [0.05, 0.1) is 0 Å². The summed E-state index contributed by atoms with van der Waals surface area (Å²) < 4.78 is 2.14. The van der Waals surface area contributed by atoms with E-state index in [0.29, 0.717) is 6.54 Å². The Hall–Kier alpha value is -1.32. The van der Waals surface area contributed by atoms with Gasteiger partial charge in [-0.15, -0.1) is 0 Å². The molecule has 0 saturated heterocycles. The Morgan fingerprint density at radius 3 is 2.61 bits per heavy atom. The Balaban J connectivity index is 2.48. The van der Waals surface area contributed by atoms with Crippen LogP contribution in [-0.4, -0.2) is 11.1 Å². The van der Waals surface area contributed by atoms with Gasteiger partial charge in [-0.1, -0.05) is 32.0 Å². The SMILES string of the molecule is Cn1cc(C(N)C(C)(C)CCN)c2ccccc21. The molecule has 1 atom stereocenters. The van der Waals surface area contributed by atoms with Crippen LogP contribution in [-0.2, 0) is 7.05 Å². The number of hydrogen-bond acceptors (Lipinski definition) is 2. The minimum absolute atomic E-state index is 0.00662. The van der Waals surface area contributed by atoms with Gasteiger partial charge in [-0.25, -0.2) is 0 Å². The second kappa shape index (κ2) is 4.75. The molecular formula is C15H23N3. The lowest BCUT2D eigenvalue weighted by molar-refractivity contribution is 0.272. The lowest BCUT2D eigenvalue weighted by Crippen LogP contribution is -2.31. The van der Waals surface area contributed by atoms with E-state index in [2.05, 4.69) is 55.9 Å². The molecule has 0 saturated carbocycles. The van der Waals surface area contributed by atoms with Crippen molar-refractivity contribution in [2.45, 2.75) is 26.3 Å². The number of rotatable bonds is 4. The van der Waals surface area contributed by atoms with Gasteiger partial charge in [-0.2, -0.15) is 0 Å². The van der Waals surface area contributed by atoms with Crippen molar-refractivity contribution in [1.29, 1.82) is 0 Å². The molecule has 2 aromatic rings. The molecule has 1 aromatic carbocycles. The number of benzene rings is 1. The highest BCUT2D eigenvalue weighted by atomic mass is 14.9. The molecule has 0 fully saturated rings. The van der Waals surface area contributed by atoms with Gasteiger partial charge < -0.3 is 16.0 Å². The molecule has 1 unspecified atom stereocenters. The van der Waals surface area contributed by atoms with Gasteiger partial charge in [0.1, 0.15) is 0 Å². The number of aromatic nitrogens is 1. The van der Waals surface area contributed by atoms with Gasteiger partial charge in [-0.05, 0) is 30.0 Å². The molecule has 1 heterocycles. The normalized spacial score (nSPS) is 14.1. The topological polar surface area (TPSA) is 57.0 Å². The lowest BCUT2D eigenvalue weighted by Gasteiger charge is -2.31. The third kappa shape index (κ3) is 2.16. The highest BCUT2D eigenvalue weighted by Crippen LogP contribution is 2.37. The van der Waals surface area contributed by atoms with Crippen LogP contribution in [0.15, 0.2) is 30.5 Å². The Morgan fingerprint density at radius 1 is 1.28 bits per heavy atom. The summed E-state index contributed by atoms with van der Waals surface area (Å²) in [5.74, 6) is 0. The van der Waals surface area contributed by atoms with E-state index in [0.717, 1.165) is 6.42 Å². The summed E-state index contributed by atoms with van der Waals surface area (Å²) in [6.45, 7) is 5.05. The average molecular weight is 245 g/mol. The number of para-hydroxylation sites is 1. The first-order valence-electron chi connectivity index (χ1n) is 6.47. The fraction of sp³-hybridized carbons (Fsp3) is 0.467. The summed E-state index contributed by atoms with van der Waals surface area (Å²) in [5.41, 5.74) is 14.6. The second-order valence-electron chi connectivity index (χ2n) is 5.72. The zero-order valence-corrected chi connectivity index (χ0v) is 11.5. The van der Waals surface area contributed by atoms with Gasteiger partial charge in [-0.3, -0.25) is 0 Å². The fourth-order valence-electron chi connectivity index (χ4n) is 2.57. The lowest BCUT2D eigenvalue weighted by atomic mass is 9.78. The first-order valence-corrected chi connectivity index (χ1v) is 6.47. The number of aryl methyl sites for hydroxylation is 1. The molecule has 0 amide bonds. The number of fused-ring (bicyclic) bond motifs is 1. The molecule has 0 bridgehead atoms. The van der Waals surface area contributed by atoms with Crippen LogP contribution in [0, 0.1) is 5.41 Å². The summed E-state index contributed by atoms with van der Waals surface area (Å²) >= 11 is 0. The van der Waals surface area contributed by atoms with Gasteiger partial charge >= 0.3 is 0 Å². The van der Waals surface area contributed by atoms with Gasteiger partial charge in [0.2, 0.25) is 0 Å². The Kier molecular flexibility index (Phi) is 3.46. The van der Waals surface area contributed by atoms with Crippen LogP contribution in [0.3, 0.4) is 0 Å². The van der Waals surface area contributed by atoms with Crippen LogP contribution in [0.4, 0.5) is 0 Å². The zero-order chi connectivity index (χ0) is 13.3. The molecule has 0 spiro atoms. The first-order chi connectivity index (χ1) is 8.47. The monoisotopic (exact) mass is 245 g/mol. The molecule has 98 valence electrons. The van der Waals surface area contributed by atoms with E-state index in [-0.39, 0.29) is 11.5 Å². The van der Waals surface area contributed by atoms with Crippen LogP contribution in [0.5, 0.6) is 0 Å². The third-order valence-electron chi connectivity index (χ3n) is 3.89. The highest BCUT2D eigenvalue weighted by molar-refractivity contribution is 5.84. The van der Waals surface area contributed by atoms with E-state index in [9.17, 15) is 0 Å². The quantitative estimate of drug-likeness (QED) is 0.869. The van der Waals surface area contributed by atoms with E-state index in [4.69, 9.17) is 11.5 Å². The van der Waals surface area contributed by atoms with Crippen LogP contribution >= 0.6 is 0 Å². The van der Waals surface area contributed by atoms with E-state index in [1.165, 1.54) is 16.5 Å². The molecule has 0 radical (unpaired) electrons. The van der Waals surface area contributed by atoms with E-state index in [1.807, 2.05) is 0 Å². The standard InChI is InChI=1S/C15H23N3/c1-15(2,8-9-16)14(17)12-10-18(3)13-7-5-4-6-11(12)13/h4-7,10,14H,8-9,16-17H2,1-3H3. The molecule has 0 aliphatic carbocycles. The molecule has 2 rings (SSSR count). The first kappa shape index (κ1) is 13.1. The summed E-state index contributed by atoms with van der Waals surface area (Å²) in [4.78, 5) is 0. The van der Waals surface area contributed by atoms with E-state index >= 15 is 0 Å². The van der Waals surface area contributed by atoms with Crippen LogP contribution in [0.1, 0.15) is 31.9 Å². The molecule has 4 N–H and O–H groups in total. The van der Waals surface area contributed by atoms with Gasteiger partial charge in [0.15, 0.2) is 0 Å². The summed E-state index contributed by atoms with van der Waals surface area (Å²) in [6, 6.07) is 8.40. The van der Waals surface area contributed by atoms with Crippen molar-refractivity contribution in [3.63, 3.8) is 0 Å². The van der Waals surface area contributed by atoms with Crippen molar-refractivity contribution in [2.75, 3.05) is 6.54 Å². The Labute approximate surface area is 109 Å². The van der Waals surface area contributed by atoms with Crippen molar-refractivity contribution in [3.05, 3.63) is 36.0 Å². The van der Waals surface area contributed by atoms with E-state index < -0.39 is 0 Å². The fourth-order valence-corrected chi connectivity index (χ4v) is 2.57. The molecule has 18 heavy (non-hydrogen) atoms. The maximum absolute atomic E-state index is 6.47. The minimum atomic E-state index is 0.00662. The maximum Gasteiger partial charge on any atom is 0.0481 e. The van der Waals surface area contributed by atoms with Gasteiger partial charge in [0, 0.05) is 30.2 Å². The molecule has 1 aromatic heterocycles. The molecule has 3 nitrogen and oxygen atoms in total. The van der Waals surface area contributed by atoms with Crippen molar-refractivity contribution < 1.29 is 0 Å². The van der Waals surface area contributed by atoms with Crippen molar-refractivity contribution in [2.24, 2.45) is 23.9 Å². The Bertz CT molecular complexity index is 540. The third-order valence-corrected chi connectivity index (χ3v) is 3.89. The van der Waals surface area contributed by atoms with Crippen molar-refractivity contribution in [1.82, 2.24) is 4.57 Å². The number of nitrogens with two attached hydrogens (primary N) is 2. The number of hydrogen-bond donors (Lipinski definition) is 2. The van der Waals surface area contributed by atoms with Crippen molar-refractivity contribution in [3.8, 4) is 0 Å². The van der Waals surface area contributed by atoms with Crippen LogP contribution in [0.2, 0.25) is 0 Å². The smallest absolute Gasteiger partial charge is 0.0481 e. The highest BCUT2D eigenvalue weighted by Gasteiger charge is 2.29. The van der Waals surface area contributed by atoms with Crippen LogP contribution < -0.4 is 11.5 Å². The zero-order valence-electron chi connectivity index (χ0n) is 11.5. The summed E-state index contributed by atoms with van der Waals surface area (Å²) in [6.07, 6.45) is 3.07. The largest absolute Gasteiger partial charge is 0.350 e. The Morgan fingerprint density at radius 2 is 1.94 bits per heavy atom. The number of nitrogens with zero attached hydrogens (tertiary/aromatic N) is 1. The predicted octanol–water partition coefficient (Wildman–Crippen LogP) is 2.55. The summed E-state index contributed by atoms with van der Waals surface area (Å²) in [7, 11) is 2.06. The predicted molar refractivity (Wildman–Crippen MR) is 77.3 cm³/mol. The minimum Gasteiger partial charge on any atom is -0.350 e. The van der Waals surface area contributed by atoms with Crippen molar-refractivity contribution >= 4 is 10.9 Å².